The van der Waals surface area contributed by atoms with Crippen molar-refractivity contribution in [1.82, 2.24) is 25.4 Å². The highest BCUT2D eigenvalue weighted by atomic mass is 16.2. The number of benzene rings is 2. The number of hydrogen-bond acceptors (Lipinski definition) is 5. The summed E-state index contributed by atoms with van der Waals surface area (Å²) < 4.78 is 1.57. The van der Waals surface area contributed by atoms with Crippen LogP contribution in [0.25, 0.3) is 17.1 Å². The number of carbonyl (C=O) groups excluding carboxylic acids is 3. The van der Waals surface area contributed by atoms with E-state index in [-0.39, 0.29) is 18.0 Å². The molecule has 2 N–H and O–H groups in total. The highest BCUT2D eigenvalue weighted by Crippen LogP contribution is 2.23. The van der Waals surface area contributed by atoms with Crippen molar-refractivity contribution < 1.29 is 14.4 Å². The largest absolute Gasteiger partial charge is 0.347 e. The second-order valence-electron chi connectivity index (χ2n) is 10.6. The Morgan fingerprint density at radius 2 is 1.68 bits per heavy atom. The summed E-state index contributed by atoms with van der Waals surface area (Å²) in [5.74, 6) is -1.47. The van der Waals surface area contributed by atoms with Gasteiger partial charge in [-0.3, -0.25) is 14.4 Å². The number of carbonyl (C=O) groups is 3. The van der Waals surface area contributed by atoms with Gasteiger partial charge in [-0.05, 0) is 79.5 Å². The van der Waals surface area contributed by atoms with Crippen LogP contribution in [0.1, 0.15) is 52.7 Å². The summed E-state index contributed by atoms with van der Waals surface area (Å²) in [6.07, 6.45) is 9.37. The van der Waals surface area contributed by atoms with Gasteiger partial charge in [0.25, 0.3) is 11.8 Å². The molecule has 4 aromatic rings. The lowest BCUT2D eigenvalue weighted by atomic mass is 9.98. The Balaban J connectivity index is 1.36. The average molecular weight is 534 g/mol. The first-order valence-corrected chi connectivity index (χ1v) is 13.9. The Morgan fingerprint density at radius 3 is 2.48 bits per heavy atom. The van der Waals surface area contributed by atoms with E-state index in [2.05, 4.69) is 39.9 Å². The fourth-order valence-electron chi connectivity index (χ4n) is 5.06. The summed E-state index contributed by atoms with van der Waals surface area (Å²) >= 11 is 0. The number of rotatable bonds is 3. The molecule has 2 aromatic heterocycles. The number of Topliss-reactive ketones (excluding diaryl/α,β-unsaturated/α-hetero) is 1. The minimum Gasteiger partial charge on any atom is -0.347 e. The maximum absolute atomic E-state index is 13.6. The summed E-state index contributed by atoms with van der Waals surface area (Å²) in [6.45, 7) is 0. The Morgan fingerprint density at radius 1 is 0.900 bits per heavy atom. The van der Waals surface area contributed by atoms with Gasteiger partial charge in [-0.25, -0.2) is 9.67 Å². The molecule has 1 saturated carbocycles. The van der Waals surface area contributed by atoms with E-state index in [9.17, 15) is 14.4 Å². The molecule has 3 aliphatic rings. The first kappa shape index (κ1) is 25.7. The van der Waals surface area contributed by atoms with Gasteiger partial charge in [0.2, 0.25) is 5.78 Å². The molecule has 0 radical (unpaired) electrons. The number of aromatic nitrogens is 3. The quantitative estimate of drug-likeness (QED) is 0.387. The van der Waals surface area contributed by atoms with Crippen LogP contribution >= 0.6 is 0 Å². The van der Waals surface area contributed by atoms with Crippen LogP contribution in [0.15, 0.2) is 79.1 Å². The number of ketones is 1. The third-order valence-electron chi connectivity index (χ3n) is 7.46. The van der Waals surface area contributed by atoms with Gasteiger partial charge in [0, 0.05) is 30.4 Å². The van der Waals surface area contributed by atoms with E-state index < -0.39 is 23.6 Å². The fourth-order valence-corrected chi connectivity index (χ4v) is 5.06. The summed E-state index contributed by atoms with van der Waals surface area (Å²) in [4.78, 5) is 44.0. The molecule has 4 heterocycles. The summed E-state index contributed by atoms with van der Waals surface area (Å²) in [5, 5.41) is 10.3. The molecule has 8 nitrogen and oxygen atoms in total. The molecule has 2 amide bonds. The van der Waals surface area contributed by atoms with Crippen molar-refractivity contribution in [3.63, 3.8) is 0 Å². The standard InChI is InChI=1S/C32H31N5O3/c38-29(32(40)34-25-14-15-25)28-20-23-12-10-21(11-13-23)5-1-2-6-22-7-3-8-24(19-22)27-16-18-37(36-27)30-26(31(39)35-28)9-4-17-33-30/h3-4,7-13,16-19,25,28H,1-2,5-6,14-15,20H2,(H,34,40)(H,35,39). The zero-order valence-electron chi connectivity index (χ0n) is 22.2. The van der Waals surface area contributed by atoms with Gasteiger partial charge >= 0.3 is 0 Å². The van der Waals surface area contributed by atoms with Crippen LogP contribution in [0.5, 0.6) is 0 Å². The van der Waals surface area contributed by atoms with Crippen molar-refractivity contribution in [2.24, 2.45) is 0 Å². The molecule has 202 valence electrons. The molecule has 2 aliphatic heterocycles. The smallest absolute Gasteiger partial charge is 0.289 e. The zero-order chi connectivity index (χ0) is 27.5. The Hall–Kier alpha value is -4.59. The highest BCUT2D eigenvalue weighted by Gasteiger charge is 2.32. The topological polar surface area (TPSA) is 106 Å². The molecule has 1 fully saturated rings. The third kappa shape index (κ3) is 5.86. The Kier molecular flexibility index (Phi) is 7.23. The number of nitrogens with one attached hydrogen (secondary N) is 2. The molecule has 1 unspecified atom stereocenters. The van der Waals surface area contributed by atoms with Crippen molar-refractivity contribution in [3.8, 4) is 17.1 Å². The predicted molar refractivity (Wildman–Crippen MR) is 151 cm³/mol. The van der Waals surface area contributed by atoms with Crippen molar-refractivity contribution in [1.29, 1.82) is 0 Å². The number of nitrogens with zero attached hydrogens (tertiary/aromatic N) is 3. The first-order chi connectivity index (χ1) is 19.5. The number of aryl methyl sites for hydroxylation is 2. The summed E-state index contributed by atoms with van der Waals surface area (Å²) in [5.41, 5.74) is 5.38. The molecule has 0 spiro atoms. The fraction of sp³-hybridized carbons (Fsp3) is 0.281. The molecule has 1 atom stereocenters. The lowest BCUT2D eigenvalue weighted by Gasteiger charge is -2.19. The van der Waals surface area contributed by atoms with Gasteiger partial charge in [0.05, 0.1) is 11.3 Å². The molecular formula is C32H31N5O3. The molecule has 7 rings (SSSR count). The van der Waals surface area contributed by atoms with Crippen LogP contribution in [0.4, 0.5) is 0 Å². The molecule has 0 saturated heterocycles. The van der Waals surface area contributed by atoms with Crippen LogP contribution in [-0.2, 0) is 28.9 Å². The van der Waals surface area contributed by atoms with Gasteiger partial charge < -0.3 is 10.6 Å². The normalized spacial score (nSPS) is 17.4. The first-order valence-electron chi connectivity index (χ1n) is 13.9. The number of pyridine rings is 1. The van der Waals surface area contributed by atoms with Gasteiger partial charge in [0.15, 0.2) is 5.82 Å². The summed E-state index contributed by atoms with van der Waals surface area (Å²) in [7, 11) is 0. The number of hydrogen-bond donors (Lipinski definition) is 2. The van der Waals surface area contributed by atoms with Crippen molar-refractivity contribution in [2.75, 3.05) is 0 Å². The molecule has 40 heavy (non-hydrogen) atoms. The van der Waals surface area contributed by atoms with Crippen LogP contribution in [0.2, 0.25) is 0 Å². The van der Waals surface area contributed by atoms with Crippen molar-refractivity contribution in [3.05, 3.63) is 101 Å². The van der Waals surface area contributed by atoms with Gasteiger partial charge in [-0.1, -0.05) is 42.5 Å². The van der Waals surface area contributed by atoms with E-state index in [1.807, 2.05) is 30.3 Å². The van der Waals surface area contributed by atoms with Crippen LogP contribution in [-0.4, -0.2) is 44.4 Å². The predicted octanol–water partition coefficient (Wildman–Crippen LogP) is 4.00. The average Bonchev–Trinajstić information content (AvgIpc) is 3.66. The van der Waals surface area contributed by atoms with E-state index in [0.717, 1.165) is 55.3 Å². The van der Waals surface area contributed by atoms with Crippen LogP contribution in [0.3, 0.4) is 0 Å². The van der Waals surface area contributed by atoms with Crippen molar-refractivity contribution >= 4 is 17.6 Å². The van der Waals surface area contributed by atoms with Crippen LogP contribution in [0, 0.1) is 0 Å². The minimum atomic E-state index is -1.02. The molecule has 1 aliphatic carbocycles. The Labute approximate surface area is 232 Å². The Bertz CT molecular complexity index is 1550. The molecule has 6 bridgehead atoms. The van der Waals surface area contributed by atoms with E-state index >= 15 is 0 Å². The second kappa shape index (κ2) is 11.3. The second-order valence-corrected chi connectivity index (χ2v) is 10.6. The molecular weight excluding hydrogens is 502 g/mol. The van der Waals surface area contributed by atoms with Gasteiger partial charge in [0.1, 0.15) is 6.04 Å². The van der Waals surface area contributed by atoms with E-state index in [0.29, 0.717) is 5.82 Å². The third-order valence-corrected chi connectivity index (χ3v) is 7.46. The lowest BCUT2D eigenvalue weighted by molar-refractivity contribution is -0.139. The van der Waals surface area contributed by atoms with Crippen LogP contribution < -0.4 is 10.6 Å². The lowest BCUT2D eigenvalue weighted by Crippen LogP contribution is -2.49. The number of fused-ring (bicyclic) bond motifs is 8. The van der Waals surface area contributed by atoms with E-state index in [1.165, 1.54) is 11.1 Å². The highest BCUT2D eigenvalue weighted by molar-refractivity contribution is 6.38. The molecule has 2 aromatic carbocycles. The summed E-state index contributed by atoms with van der Waals surface area (Å²) in [6, 6.07) is 20.7. The van der Waals surface area contributed by atoms with E-state index in [1.54, 1.807) is 29.2 Å². The van der Waals surface area contributed by atoms with Gasteiger partial charge in [-0.2, -0.15) is 5.10 Å². The monoisotopic (exact) mass is 533 g/mol. The zero-order valence-corrected chi connectivity index (χ0v) is 22.2. The van der Waals surface area contributed by atoms with Crippen molar-refractivity contribution in [2.45, 2.75) is 57.0 Å². The van der Waals surface area contributed by atoms with Gasteiger partial charge in [-0.15, -0.1) is 0 Å². The minimum absolute atomic E-state index is 0.0403. The maximum atomic E-state index is 13.6. The maximum Gasteiger partial charge on any atom is 0.289 e. The van der Waals surface area contributed by atoms with E-state index in [4.69, 9.17) is 5.10 Å². The molecule has 8 heteroatoms. The SMILES string of the molecule is O=C(NC1CC1)C(=O)C1Cc2ccc(cc2)CCCCc2cccc(c2)-c2ccn(n2)-c2ncccc2C(=O)N1. The number of amides is 2.